The Morgan fingerprint density at radius 1 is 1.47 bits per heavy atom. The Kier molecular flexibility index (Phi) is 3.08. The fraction of sp³-hybridized carbons (Fsp3) is 0.250. The summed E-state index contributed by atoms with van der Waals surface area (Å²) in [5, 5.41) is 13.4. The molecular formula is C12H10N2O3S2. The molecule has 1 unspecified atom stereocenters. The van der Waals surface area contributed by atoms with Crippen LogP contribution in [0.5, 0.6) is 0 Å². The van der Waals surface area contributed by atoms with E-state index in [1.54, 1.807) is 11.3 Å². The van der Waals surface area contributed by atoms with E-state index in [0.29, 0.717) is 5.13 Å². The smallest absolute Gasteiger partial charge is 0.308 e. The van der Waals surface area contributed by atoms with E-state index in [2.05, 4.69) is 4.98 Å². The minimum Gasteiger partial charge on any atom is -0.481 e. The van der Waals surface area contributed by atoms with E-state index in [4.69, 9.17) is 5.11 Å². The van der Waals surface area contributed by atoms with Crippen molar-refractivity contribution in [2.24, 2.45) is 5.92 Å². The van der Waals surface area contributed by atoms with E-state index in [0.717, 1.165) is 10.6 Å². The van der Waals surface area contributed by atoms with Crippen molar-refractivity contribution in [2.75, 3.05) is 11.4 Å². The molecule has 0 radical (unpaired) electrons. The van der Waals surface area contributed by atoms with Crippen LogP contribution in [-0.2, 0) is 9.59 Å². The average molecular weight is 294 g/mol. The van der Waals surface area contributed by atoms with Crippen LogP contribution in [-0.4, -0.2) is 28.5 Å². The van der Waals surface area contributed by atoms with Crippen LogP contribution < -0.4 is 4.90 Å². The van der Waals surface area contributed by atoms with Crippen molar-refractivity contribution in [3.8, 4) is 10.6 Å². The Morgan fingerprint density at radius 2 is 2.32 bits per heavy atom. The zero-order valence-corrected chi connectivity index (χ0v) is 11.4. The van der Waals surface area contributed by atoms with Crippen molar-refractivity contribution >= 4 is 39.7 Å². The van der Waals surface area contributed by atoms with Gasteiger partial charge in [0.05, 0.1) is 16.5 Å². The monoisotopic (exact) mass is 294 g/mol. The predicted molar refractivity (Wildman–Crippen MR) is 73.5 cm³/mol. The Hall–Kier alpha value is -1.73. The first-order valence-corrected chi connectivity index (χ1v) is 7.43. The van der Waals surface area contributed by atoms with Gasteiger partial charge in [-0.3, -0.25) is 14.5 Å². The Balaban J connectivity index is 1.84. The molecule has 0 saturated carbocycles. The number of thiophene rings is 1. The van der Waals surface area contributed by atoms with Gasteiger partial charge in [-0.1, -0.05) is 6.07 Å². The van der Waals surface area contributed by atoms with Gasteiger partial charge in [-0.05, 0) is 11.4 Å². The summed E-state index contributed by atoms with van der Waals surface area (Å²) in [7, 11) is 0. The average Bonchev–Trinajstić information content (AvgIpc) is 3.07. The molecule has 1 N–H and O–H groups in total. The van der Waals surface area contributed by atoms with E-state index >= 15 is 0 Å². The highest BCUT2D eigenvalue weighted by Gasteiger charge is 2.36. The van der Waals surface area contributed by atoms with Crippen LogP contribution in [0.15, 0.2) is 22.9 Å². The summed E-state index contributed by atoms with van der Waals surface area (Å²) in [5.74, 6) is -1.72. The molecule has 1 aliphatic heterocycles. The number of hydrogen-bond acceptors (Lipinski definition) is 5. The molecule has 3 heterocycles. The normalized spacial score (nSPS) is 19.1. The molecule has 0 aliphatic carbocycles. The lowest BCUT2D eigenvalue weighted by Crippen LogP contribution is -2.25. The number of carbonyl (C=O) groups is 2. The molecule has 1 fully saturated rings. The number of carbonyl (C=O) groups excluding carboxylic acids is 1. The first-order chi connectivity index (χ1) is 9.15. The molecule has 5 nitrogen and oxygen atoms in total. The molecule has 0 bridgehead atoms. The zero-order chi connectivity index (χ0) is 13.4. The fourth-order valence-electron chi connectivity index (χ4n) is 1.98. The maximum atomic E-state index is 11.8. The summed E-state index contributed by atoms with van der Waals surface area (Å²) in [5.41, 5.74) is 0.835. The van der Waals surface area contributed by atoms with Gasteiger partial charge < -0.3 is 5.11 Å². The van der Waals surface area contributed by atoms with Crippen LogP contribution in [0, 0.1) is 5.92 Å². The minimum atomic E-state index is -0.925. The zero-order valence-electron chi connectivity index (χ0n) is 9.78. The molecule has 7 heteroatoms. The highest BCUT2D eigenvalue weighted by molar-refractivity contribution is 7.16. The third-order valence-corrected chi connectivity index (χ3v) is 4.73. The second kappa shape index (κ2) is 4.75. The third-order valence-electron chi connectivity index (χ3n) is 2.97. The maximum absolute atomic E-state index is 11.8. The van der Waals surface area contributed by atoms with Crippen molar-refractivity contribution in [1.82, 2.24) is 4.98 Å². The summed E-state index contributed by atoms with van der Waals surface area (Å²) in [6.07, 6.45) is 0.0588. The van der Waals surface area contributed by atoms with Crippen molar-refractivity contribution in [2.45, 2.75) is 6.42 Å². The Labute approximate surface area is 117 Å². The van der Waals surface area contributed by atoms with Crippen LogP contribution in [0.1, 0.15) is 6.42 Å². The molecule has 1 saturated heterocycles. The number of amides is 1. The van der Waals surface area contributed by atoms with Gasteiger partial charge in [-0.15, -0.1) is 22.7 Å². The molecule has 19 heavy (non-hydrogen) atoms. The van der Waals surface area contributed by atoms with Gasteiger partial charge in [0.2, 0.25) is 5.91 Å². The second-order valence-electron chi connectivity index (χ2n) is 4.24. The third kappa shape index (κ3) is 2.26. The molecule has 98 valence electrons. The molecule has 1 aliphatic rings. The van der Waals surface area contributed by atoms with Crippen molar-refractivity contribution in [3.63, 3.8) is 0 Å². The van der Waals surface area contributed by atoms with Crippen LogP contribution in [0.25, 0.3) is 10.6 Å². The van der Waals surface area contributed by atoms with E-state index in [9.17, 15) is 9.59 Å². The molecule has 0 aromatic carbocycles. The topological polar surface area (TPSA) is 70.5 Å². The highest BCUT2D eigenvalue weighted by atomic mass is 32.1. The van der Waals surface area contributed by atoms with Crippen molar-refractivity contribution in [3.05, 3.63) is 22.9 Å². The van der Waals surface area contributed by atoms with Crippen LogP contribution in [0.3, 0.4) is 0 Å². The standard InChI is InChI=1S/C12H10N2O3S2/c15-10-4-7(11(16)17)5-14(10)12-13-8(6-19-12)9-2-1-3-18-9/h1-3,6-7H,4-5H2,(H,16,17). The van der Waals surface area contributed by atoms with Gasteiger partial charge >= 0.3 is 5.97 Å². The van der Waals surface area contributed by atoms with Gasteiger partial charge in [0.25, 0.3) is 0 Å². The lowest BCUT2D eigenvalue weighted by atomic mass is 10.1. The lowest BCUT2D eigenvalue weighted by Gasteiger charge is -2.11. The first-order valence-electron chi connectivity index (χ1n) is 5.67. The molecule has 3 rings (SSSR count). The molecule has 2 aromatic heterocycles. The van der Waals surface area contributed by atoms with Crippen LogP contribution in [0.2, 0.25) is 0 Å². The maximum Gasteiger partial charge on any atom is 0.308 e. The molecule has 2 aromatic rings. The number of carboxylic acid groups (broad SMARTS) is 1. The molecule has 1 amide bonds. The summed E-state index contributed by atoms with van der Waals surface area (Å²) >= 11 is 2.96. The van der Waals surface area contributed by atoms with Gasteiger partial charge in [0, 0.05) is 18.3 Å². The van der Waals surface area contributed by atoms with Gasteiger partial charge in [0.1, 0.15) is 0 Å². The van der Waals surface area contributed by atoms with E-state index < -0.39 is 11.9 Å². The van der Waals surface area contributed by atoms with Gasteiger partial charge in [-0.2, -0.15) is 0 Å². The number of carboxylic acids is 1. The summed E-state index contributed by atoms with van der Waals surface area (Å²) < 4.78 is 0. The van der Waals surface area contributed by atoms with Crippen molar-refractivity contribution in [1.29, 1.82) is 0 Å². The lowest BCUT2D eigenvalue weighted by molar-refractivity contribution is -0.141. The van der Waals surface area contributed by atoms with E-state index in [1.165, 1.54) is 16.2 Å². The van der Waals surface area contributed by atoms with E-state index in [1.807, 2.05) is 22.9 Å². The largest absolute Gasteiger partial charge is 0.481 e. The summed E-state index contributed by atoms with van der Waals surface area (Å²) in [6, 6.07) is 3.91. The van der Waals surface area contributed by atoms with Crippen LogP contribution >= 0.6 is 22.7 Å². The summed E-state index contributed by atoms with van der Waals surface area (Å²) in [6.45, 7) is 0.214. The minimum absolute atomic E-state index is 0.0588. The predicted octanol–water partition coefficient (Wildman–Crippen LogP) is 2.31. The van der Waals surface area contributed by atoms with Crippen LogP contribution in [0.4, 0.5) is 5.13 Å². The first kappa shape index (κ1) is 12.3. The number of nitrogens with zero attached hydrogens (tertiary/aromatic N) is 2. The summed E-state index contributed by atoms with van der Waals surface area (Å²) in [4.78, 5) is 29.7. The fourth-order valence-corrected chi connectivity index (χ4v) is 3.60. The number of aromatic nitrogens is 1. The molecule has 0 spiro atoms. The Morgan fingerprint density at radius 3 is 2.95 bits per heavy atom. The number of hydrogen-bond donors (Lipinski definition) is 1. The van der Waals surface area contributed by atoms with Gasteiger partial charge in [0.15, 0.2) is 5.13 Å². The number of aliphatic carboxylic acids is 1. The van der Waals surface area contributed by atoms with E-state index in [-0.39, 0.29) is 18.9 Å². The highest BCUT2D eigenvalue weighted by Crippen LogP contribution is 2.33. The molecular weight excluding hydrogens is 284 g/mol. The number of anilines is 1. The van der Waals surface area contributed by atoms with Gasteiger partial charge in [-0.25, -0.2) is 4.98 Å². The Bertz CT molecular complexity index is 621. The quantitative estimate of drug-likeness (QED) is 0.943. The van der Waals surface area contributed by atoms with Crippen molar-refractivity contribution < 1.29 is 14.7 Å². The number of rotatable bonds is 3. The SMILES string of the molecule is O=C(O)C1CC(=O)N(c2nc(-c3cccs3)cs2)C1. The molecule has 1 atom stereocenters. The number of thiazole rings is 1. The second-order valence-corrected chi connectivity index (χ2v) is 6.02.